The molecule has 0 saturated carbocycles. The molecule has 9 rings (SSSR count). The van der Waals surface area contributed by atoms with Crippen molar-refractivity contribution in [2.45, 2.75) is 0 Å². The fourth-order valence-electron chi connectivity index (χ4n) is 7.20. The van der Waals surface area contributed by atoms with Crippen molar-refractivity contribution in [2.75, 3.05) is 10.3 Å². The number of para-hydroxylation sites is 3. The summed E-state index contributed by atoms with van der Waals surface area (Å²) in [4.78, 5) is 2.39. The van der Waals surface area contributed by atoms with Crippen LogP contribution < -0.4 is 10.3 Å². The largest absolute Gasteiger partial charge is 0.309 e. The van der Waals surface area contributed by atoms with E-state index in [-0.39, 0.29) is 0 Å². The third-order valence-electron chi connectivity index (χ3n) is 9.39. The highest BCUT2D eigenvalue weighted by atomic mass is 15.4. The first-order valence-electron chi connectivity index (χ1n) is 16.5. The van der Waals surface area contributed by atoms with Crippen molar-refractivity contribution >= 4 is 50.3 Å². The minimum Gasteiger partial charge on any atom is -0.309 e. The quantitative estimate of drug-likeness (QED) is 0.180. The Morgan fingerprint density at radius 3 is 1.84 bits per heavy atom. The molecule has 0 bridgehead atoms. The summed E-state index contributed by atoms with van der Waals surface area (Å²) in [5.41, 5.74) is 17.1. The number of hydrogen-bond acceptors (Lipinski definition) is 3. The first kappa shape index (κ1) is 28.6. The van der Waals surface area contributed by atoms with Gasteiger partial charge in [0, 0.05) is 27.6 Å². The van der Waals surface area contributed by atoms with Gasteiger partial charge in [-0.05, 0) is 64.7 Å². The SMILES string of the molecule is N=C(/C=C(\Nn1c2ccccc2c2ccc3c(c21)-c1ccccc1-c1ccccc1N3c1ccccc1)c1ccccc1)c1ccccc1. The zero-order valence-corrected chi connectivity index (χ0v) is 26.7. The van der Waals surface area contributed by atoms with E-state index in [1.165, 1.54) is 16.7 Å². The van der Waals surface area contributed by atoms with Crippen LogP contribution in [0.3, 0.4) is 0 Å². The van der Waals surface area contributed by atoms with Gasteiger partial charge in [-0.15, -0.1) is 0 Å². The summed E-state index contributed by atoms with van der Waals surface area (Å²) in [6, 6.07) is 61.4. The summed E-state index contributed by atoms with van der Waals surface area (Å²) in [5, 5.41) is 11.4. The molecule has 8 aromatic rings. The lowest BCUT2D eigenvalue weighted by molar-refractivity contribution is 1.06. The first-order chi connectivity index (χ1) is 24.3. The van der Waals surface area contributed by atoms with Crippen LogP contribution in [0.5, 0.6) is 0 Å². The lowest BCUT2D eigenvalue weighted by atomic mass is 9.93. The van der Waals surface area contributed by atoms with Crippen LogP contribution in [0.1, 0.15) is 11.1 Å². The zero-order valence-electron chi connectivity index (χ0n) is 26.7. The van der Waals surface area contributed by atoms with E-state index < -0.39 is 0 Å². The highest BCUT2D eigenvalue weighted by molar-refractivity contribution is 6.19. The molecule has 1 aromatic heterocycles. The highest BCUT2D eigenvalue weighted by Gasteiger charge is 2.29. The molecule has 7 aromatic carbocycles. The van der Waals surface area contributed by atoms with Gasteiger partial charge in [-0.25, -0.2) is 0 Å². The molecule has 2 N–H and O–H groups in total. The number of aromatic nitrogens is 1. The van der Waals surface area contributed by atoms with Crippen LogP contribution in [-0.4, -0.2) is 10.4 Å². The Morgan fingerprint density at radius 1 is 0.490 bits per heavy atom. The van der Waals surface area contributed by atoms with Crippen molar-refractivity contribution in [3.05, 3.63) is 193 Å². The third kappa shape index (κ3) is 4.81. The molecule has 0 unspecified atom stereocenters. The second kappa shape index (κ2) is 11.9. The van der Waals surface area contributed by atoms with Gasteiger partial charge in [0.1, 0.15) is 0 Å². The Morgan fingerprint density at radius 2 is 1.08 bits per heavy atom. The maximum absolute atomic E-state index is 9.10. The molecule has 0 atom stereocenters. The molecule has 0 radical (unpaired) electrons. The van der Waals surface area contributed by atoms with Crippen LogP contribution in [-0.2, 0) is 0 Å². The standard InChI is InChI=1S/C45H32N4/c46-39(31-16-4-1-5-17-31)30-40(32-18-6-2-7-19-32)47-49-42-27-15-13-24-36(42)38-28-29-43-44(45(38)49)37-25-11-10-22-34(37)35-23-12-14-26-41(35)48(43)33-20-8-3-9-21-33/h1-30,46-47H/b40-30-,46-39?. The van der Waals surface area contributed by atoms with Crippen LogP contribution in [0.15, 0.2) is 182 Å². The molecular weight excluding hydrogens is 597 g/mol. The summed E-state index contributed by atoms with van der Waals surface area (Å²) < 4.78 is 2.23. The minimum atomic E-state index is 0.433. The maximum Gasteiger partial charge on any atom is 0.0809 e. The normalized spacial score (nSPS) is 12.2. The molecule has 0 spiro atoms. The van der Waals surface area contributed by atoms with Gasteiger partial charge in [-0.2, -0.15) is 0 Å². The first-order valence-corrected chi connectivity index (χ1v) is 16.5. The molecule has 2 heterocycles. The van der Waals surface area contributed by atoms with Crippen molar-refractivity contribution in [1.82, 2.24) is 4.68 Å². The van der Waals surface area contributed by atoms with Crippen molar-refractivity contribution in [2.24, 2.45) is 0 Å². The Hall–Kier alpha value is -6.65. The number of hydrogen-bond donors (Lipinski definition) is 2. The van der Waals surface area contributed by atoms with E-state index in [4.69, 9.17) is 5.41 Å². The monoisotopic (exact) mass is 628 g/mol. The van der Waals surface area contributed by atoms with Crippen LogP contribution >= 0.6 is 0 Å². The molecule has 0 amide bonds. The van der Waals surface area contributed by atoms with Crippen molar-refractivity contribution in [1.29, 1.82) is 5.41 Å². The fraction of sp³-hybridized carbons (Fsp3) is 0. The lowest BCUT2D eigenvalue weighted by Gasteiger charge is -2.28. The summed E-state index contributed by atoms with van der Waals surface area (Å²) >= 11 is 0. The van der Waals surface area contributed by atoms with Gasteiger partial charge in [-0.1, -0.05) is 140 Å². The summed E-state index contributed by atoms with van der Waals surface area (Å²) in [6.07, 6.45) is 1.94. The number of fused-ring (bicyclic) bond motifs is 9. The molecule has 1 aliphatic rings. The smallest absolute Gasteiger partial charge is 0.0809 e. The van der Waals surface area contributed by atoms with E-state index >= 15 is 0 Å². The van der Waals surface area contributed by atoms with E-state index in [1.54, 1.807) is 0 Å². The predicted octanol–water partition coefficient (Wildman–Crippen LogP) is 11.6. The van der Waals surface area contributed by atoms with Gasteiger partial charge < -0.3 is 10.3 Å². The topological polar surface area (TPSA) is 44.1 Å². The minimum absolute atomic E-state index is 0.433. The second-order valence-corrected chi connectivity index (χ2v) is 12.3. The molecule has 0 saturated heterocycles. The van der Waals surface area contributed by atoms with Crippen molar-refractivity contribution in [3.63, 3.8) is 0 Å². The highest BCUT2D eigenvalue weighted by Crippen LogP contribution is 2.53. The fourth-order valence-corrected chi connectivity index (χ4v) is 7.20. The number of allylic oxidation sites excluding steroid dienone is 1. The number of nitrogens with zero attached hydrogens (tertiary/aromatic N) is 2. The van der Waals surface area contributed by atoms with Crippen molar-refractivity contribution < 1.29 is 0 Å². The molecular formula is C45H32N4. The predicted molar refractivity (Wildman–Crippen MR) is 206 cm³/mol. The molecule has 4 heteroatoms. The number of rotatable bonds is 6. The van der Waals surface area contributed by atoms with E-state index in [0.717, 1.165) is 61.3 Å². The van der Waals surface area contributed by atoms with Crippen LogP contribution in [0.4, 0.5) is 17.1 Å². The molecule has 232 valence electrons. The average Bonchev–Trinajstić information content (AvgIpc) is 3.42. The van der Waals surface area contributed by atoms with Gasteiger partial charge in [-0.3, -0.25) is 10.1 Å². The van der Waals surface area contributed by atoms with Gasteiger partial charge in [0.25, 0.3) is 0 Å². The maximum atomic E-state index is 9.10. The van der Waals surface area contributed by atoms with Gasteiger partial charge in [0.05, 0.1) is 33.8 Å². The van der Waals surface area contributed by atoms with Crippen LogP contribution in [0.2, 0.25) is 0 Å². The third-order valence-corrected chi connectivity index (χ3v) is 9.39. The lowest BCUT2D eigenvalue weighted by Crippen LogP contribution is -2.16. The van der Waals surface area contributed by atoms with Crippen molar-refractivity contribution in [3.8, 4) is 22.3 Å². The van der Waals surface area contributed by atoms with E-state index in [0.29, 0.717) is 5.71 Å². The molecule has 0 aliphatic carbocycles. The van der Waals surface area contributed by atoms with Gasteiger partial charge in [0.2, 0.25) is 0 Å². The van der Waals surface area contributed by atoms with E-state index in [2.05, 4.69) is 142 Å². The van der Waals surface area contributed by atoms with E-state index in [1.807, 2.05) is 54.6 Å². The molecule has 1 aliphatic heterocycles. The van der Waals surface area contributed by atoms with E-state index in [9.17, 15) is 0 Å². The molecule has 0 fully saturated rings. The Labute approximate surface area is 285 Å². The number of anilines is 3. The summed E-state index contributed by atoms with van der Waals surface area (Å²) in [6.45, 7) is 0. The Balaban J connectivity index is 1.37. The number of nitrogens with one attached hydrogen (secondary N) is 2. The Bertz CT molecular complexity index is 2530. The second-order valence-electron chi connectivity index (χ2n) is 12.3. The summed E-state index contributed by atoms with van der Waals surface area (Å²) in [5.74, 6) is 0. The van der Waals surface area contributed by atoms with Gasteiger partial charge in [0.15, 0.2) is 0 Å². The average molecular weight is 629 g/mol. The number of benzene rings is 7. The van der Waals surface area contributed by atoms with Gasteiger partial charge >= 0.3 is 0 Å². The summed E-state index contributed by atoms with van der Waals surface area (Å²) in [7, 11) is 0. The van der Waals surface area contributed by atoms with Crippen LogP contribution in [0.25, 0.3) is 49.8 Å². The van der Waals surface area contributed by atoms with Crippen LogP contribution in [0, 0.1) is 5.41 Å². The zero-order chi connectivity index (χ0) is 32.7. The Kier molecular flexibility index (Phi) is 6.91. The molecule has 4 nitrogen and oxygen atoms in total. The molecule has 49 heavy (non-hydrogen) atoms.